The molecule has 2 nitrogen and oxygen atoms in total. The summed E-state index contributed by atoms with van der Waals surface area (Å²) in [5.74, 6) is 0. The molecule has 0 heterocycles. The van der Waals surface area contributed by atoms with Gasteiger partial charge in [0.25, 0.3) is 0 Å². The van der Waals surface area contributed by atoms with Gasteiger partial charge in [0, 0.05) is 5.56 Å². The minimum atomic E-state index is -0.809. The Bertz CT molecular complexity index is 221. The van der Waals surface area contributed by atoms with Crippen LogP contribution in [-0.2, 0) is 3.07 Å². The summed E-state index contributed by atoms with van der Waals surface area (Å²) in [6.07, 6.45) is -0.809. The van der Waals surface area contributed by atoms with Gasteiger partial charge in [0.15, 0.2) is 6.29 Å². The summed E-state index contributed by atoms with van der Waals surface area (Å²) in [6.45, 7) is 6.00. The van der Waals surface area contributed by atoms with E-state index in [1.165, 1.54) is 5.56 Å². The maximum absolute atomic E-state index is 9.19. The Labute approximate surface area is 93.6 Å². The molecule has 1 unspecified atom stereocenters. The van der Waals surface area contributed by atoms with Crippen molar-refractivity contribution in [3.8, 4) is 0 Å². The zero-order valence-corrected chi connectivity index (χ0v) is 10.3. The molecule has 1 aromatic rings. The summed E-state index contributed by atoms with van der Waals surface area (Å²) in [4.78, 5) is 0. The first-order chi connectivity index (χ1) is 6.24. The van der Waals surface area contributed by atoms with E-state index in [9.17, 15) is 5.11 Å². The van der Waals surface area contributed by atoms with E-state index in [1.54, 1.807) is 23.0 Å². The summed E-state index contributed by atoms with van der Waals surface area (Å²) >= 11 is 1.68. The van der Waals surface area contributed by atoms with Crippen molar-refractivity contribution in [1.82, 2.24) is 0 Å². The highest BCUT2D eigenvalue weighted by Gasteiger charge is 2.04. The lowest BCUT2D eigenvalue weighted by Crippen LogP contribution is -1.95. The van der Waals surface area contributed by atoms with E-state index in [-0.39, 0.29) is 0 Å². The molecule has 0 bridgehead atoms. The average Bonchev–Trinajstić information content (AvgIpc) is 2.21. The Kier molecular flexibility index (Phi) is 7.22. The van der Waals surface area contributed by atoms with Gasteiger partial charge in [-0.3, -0.25) is 3.07 Å². The highest BCUT2D eigenvalue weighted by atomic mass is 127. The summed E-state index contributed by atoms with van der Waals surface area (Å²) in [5.41, 5.74) is 1.96. The van der Waals surface area contributed by atoms with E-state index in [1.807, 2.05) is 45.0 Å². The predicted octanol–water partition coefficient (Wildman–Crippen LogP) is 3.38. The molecule has 1 aromatic carbocycles. The van der Waals surface area contributed by atoms with Crippen molar-refractivity contribution in [1.29, 1.82) is 0 Å². The lowest BCUT2D eigenvalue weighted by atomic mass is 10.1. The highest BCUT2D eigenvalue weighted by Crippen LogP contribution is 2.16. The molecular formula is C10H15IO2. The number of halogens is 1. The Morgan fingerprint density at radius 2 is 1.69 bits per heavy atom. The quantitative estimate of drug-likeness (QED) is 0.669. The Morgan fingerprint density at radius 1 is 1.23 bits per heavy atom. The van der Waals surface area contributed by atoms with Gasteiger partial charge in [-0.25, -0.2) is 0 Å². The molecule has 0 saturated carbocycles. The molecule has 0 fully saturated rings. The Hall–Kier alpha value is -0.130. The molecule has 13 heavy (non-hydrogen) atoms. The van der Waals surface area contributed by atoms with Gasteiger partial charge in [0.2, 0.25) is 0 Å². The first-order valence-corrected chi connectivity index (χ1v) is 5.14. The van der Waals surface area contributed by atoms with Crippen LogP contribution < -0.4 is 0 Å². The molecule has 1 N–H and O–H groups in total. The van der Waals surface area contributed by atoms with E-state index in [0.29, 0.717) is 0 Å². The minimum Gasteiger partial charge on any atom is -0.364 e. The van der Waals surface area contributed by atoms with Crippen LogP contribution in [0.15, 0.2) is 24.3 Å². The van der Waals surface area contributed by atoms with Crippen LogP contribution >= 0.6 is 23.0 Å². The van der Waals surface area contributed by atoms with Crippen LogP contribution in [0.3, 0.4) is 0 Å². The van der Waals surface area contributed by atoms with Crippen LogP contribution in [-0.4, -0.2) is 5.11 Å². The topological polar surface area (TPSA) is 29.5 Å². The van der Waals surface area contributed by atoms with E-state index in [4.69, 9.17) is 3.07 Å². The molecule has 1 rings (SSSR count). The van der Waals surface area contributed by atoms with Crippen molar-refractivity contribution in [3.05, 3.63) is 35.4 Å². The van der Waals surface area contributed by atoms with Gasteiger partial charge in [-0.15, -0.1) is 0 Å². The first-order valence-electron chi connectivity index (χ1n) is 4.26. The van der Waals surface area contributed by atoms with E-state index in [0.717, 1.165) is 5.56 Å². The molecule has 0 saturated heterocycles. The molecule has 0 aliphatic carbocycles. The molecule has 0 aromatic heterocycles. The van der Waals surface area contributed by atoms with Gasteiger partial charge in [-0.1, -0.05) is 43.7 Å². The largest absolute Gasteiger partial charge is 0.364 e. The highest BCUT2D eigenvalue weighted by molar-refractivity contribution is 14.1. The summed E-state index contributed by atoms with van der Waals surface area (Å²) < 4.78 is 4.70. The second-order valence-electron chi connectivity index (χ2n) is 2.35. The normalized spacial score (nSPS) is 11.5. The van der Waals surface area contributed by atoms with Gasteiger partial charge in [-0.2, -0.15) is 0 Å². The van der Waals surface area contributed by atoms with Gasteiger partial charge < -0.3 is 5.11 Å². The lowest BCUT2D eigenvalue weighted by molar-refractivity contribution is 0.0168. The molecule has 3 heteroatoms. The first kappa shape index (κ1) is 12.9. The van der Waals surface area contributed by atoms with Crippen LogP contribution in [0.4, 0.5) is 0 Å². The fourth-order valence-corrected chi connectivity index (χ4v) is 1.08. The van der Waals surface area contributed by atoms with E-state index >= 15 is 0 Å². The van der Waals surface area contributed by atoms with E-state index < -0.39 is 6.29 Å². The van der Waals surface area contributed by atoms with Crippen molar-refractivity contribution in [2.24, 2.45) is 0 Å². The third kappa shape index (κ3) is 4.59. The van der Waals surface area contributed by atoms with Crippen molar-refractivity contribution >= 4 is 23.0 Å². The van der Waals surface area contributed by atoms with E-state index in [2.05, 4.69) is 0 Å². The van der Waals surface area contributed by atoms with Crippen LogP contribution in [0.1, 0.15) is 31.3 Å². The average molecular weight is 294 g/mol. The SMILES string of the molecule is CC.Cc1ccc(C(O)OI)cc1. The van der Waals surface area contributed by atoms with Crippen LogP contribution in [0.25, 0.3) is 0 Å². The number of rotatable bonds is 2. The summed E-state index contributed by atoms with van der Waals surface area (Å²) in [6, 6.07) is 7.57. The predicted molar refractivity (Wildman–Crippen MR) is 62.6 cm³/mol. The second kappa shape index (κ2) is 7.29. The molecule has 74 valence electrons. The molecule has 0 spiro atoms. The van der Waals surface area contributed by atoms with Crippen molar-refractivity contribution in [2.45, 2.75) is 27.1 Å². The van der Waals surface area contributed by atoms with Gasteiger partial charge in [0.05, 0.1) is 0 Å². The van der Waals surface area contributed by atoms with Gasteiger partial charge >= 0.3 is 0 Å². The number of benzene rings is 1. The van der Waals surface area contributed by atoms with Crippen LogP contribution in [0, 0.1) is 6.92 Å². The summed E-state index contributed by atoms with van der Waals surface area (Å²) in [5, 5.41) is 9.19. The molecule has 0 aliphatic rings. The summed E-state index contributed by atoms with van der Waals surface area (Å²) in [7, 11) is 0. The second-order valence-corrected chi connectivity index (χ2v) is 2.86. The van der Waals surface area contributed by atoms with Crippen molar-refractivity contribution < 1.29 is 8.17 Å². The fraction of sp³-hybridized carbons (Fsp3) is 0.400. The van der Waals surface area contributed by atoms with Gasteiger partial charge in [-0.05, 0) is 6.92 Å². The number of aliphatic hydroxyl groups is 1. The minimum absolute atomic E-state index is 0.782. The Balaban J connectivity index is 0.000000671. The van der Waals surface area contributed by atoms with Crippen LogP contribution in [0.5, 0.6) is 0 Å². The van der Waals surface area contributed by atoms with Gasteiger partial charge in [0.1, 0.15) is 23.0 Å². The van der Waals surface area contributed by atoms with Crippen LogP contribution in [0.2, 0.25) is 0 Å². The Morgan fingerprint density at radius 3 is 2.08 bits per heavy atom. The standard InChI is InChI=1S/C8H9IO2.C2H6/c1-6-2-4-7(5-3-6)8(10)11-9;1-2/h2-5,8,10H,1H3;1-2H3. The molecule has 0 radical (unpaired) electrons. The fourth-order valence-electron chi connectivity index (χ4n) is 0.783. The number of aliphatic hydroxyl groups excluding tert-OH is 1. The number of hydrogen-bond donors (Lipinski definition) is 1. The van der Waals surface area contributed by atoms with Crippen molar-refractivity contribution in [2.75, 3.05) is 0 Å². The number of hydrogen-bond acceptors (Lipinski definition) is 2. The maximum atomic E-state index is 9.19. The zero-order valence-electron chi connectivity index (χ0n) is 8.12. The molecule has 1 atom stereocenters. The maximum Gasteiger partial charge on any atom is 0.192 e. The molecular weight excluding hydrogens is 279 g/mol. The molecule has 0 aliphatic heterocycles. The smallest absolute Gasteiger partial charge is 0.192 e. The zero-order chi connectivity index (χ0) is 10.3. The number of aryl methyl sites for hydroxylation is 1. The lowest BCUT2D eigenvalue weighted by Gasteiger charge is -2.05. The third-order valence-electron chi connectivity index (χ3n) is 1.45. The van der Waals surface area contributed by atoms with Crippen molar-refractivity contribution in [3.63, 3.8) is 0 Å². The third-order valence-corrected chi connectivity index (χ3v) is 1.93. The molecule has 0 amide bonds. The monoisotopic (exact) mass is 294 g/mol.